The molecule has 4 rings (SSSR count). The van der Waals surface area contributed by atoms with Crippen molar-refractivity contribution in [2.24, 2.45) is 0 Å². The molecular formula is C21H23FN2O4. The number of nitrogens with zero attached hydrogens (tertiary/aromatic N) is 2. The Morgan fingerprint density at radius 1 is 1.07 bits per heavy atom. The quantitative estimate of drug-likeness (QED) is 0.869. The Labute approximate surface area is 163 Å². The van der Waals surface area contributed by atoms with Crippen LogP contribution >= 0.6 is 0 Å². The summed E-state index contributed by atoms with van der Waals surface area (Å²) in [7, 11) is 0. The number of halogens is 1. The van der Waals surface area contributed by atoms with Crippen molar-refractivity contribution < 1.29 is 23.8 Å². The lowest BCUT2D eigenvalue weighted by atomic mass is 10.1. The molecule has 1 fully saturated rings. The maximum absolute atomic E-state index is 13.0. The number of fused-ring (bicyclic) bond motifs is 1. The number of piperazine rings is 1. The van der Waals surface area contributed by atoms with Gasteiger partial charge in [0.05, 0.1) is 6.10 Å². The van der Waals surface area contributed by atoms with Crippen LogP contribution in [0.5, 0.6) is 11.5 Å². The summed E-state index contributed by atoms with van der Waals surface area (Å²) in [6.45, 7) is 3.11. The van der Waals surface area contributed by atoms with E-state index in [9.17, 15) is 14.3 Å². The Morgan fingerprint density at radius 3 is 2.46 bits per heavy atom. The van der Waals surface area contributed by atoms with Crippen LogP contribution < -0.4 is 9.47 Å². The molecule has 0 saturated carbocycles. The SMILES string of the molecule is O=C([C@H]1COc2ccccc2O1)N1CCN(C[C@H](O)c2ccc(F)cc2)CC1. The van der Waals surface area contributed by atoms with Gasteiger partial charge in [-0.2, -0.15) is 0 Å². The second kappa shape index (κ2) is 8.16. The second-order valence-corrected chi connectivity index (χ2v) is 7.06. The first-order valence-electron chi connectivity index (χ1n) is 9.43. The molecule has 28 heavy (non-hydrogen) atoms. The number of hydrogen-bond donors (Lipinski definition) is 1. The molecule has 2 atom stereocenters. The highest BCUT2D eigenvalue weighted by Gasteiger charge is 2.32. The fourth-order valence-corrected chi connectivity index (χ4v) is 3.53. The molecule has 0 aromatic heterocycles. The third-order valence-corrected chi connectivity index (χ3v) is 5.15. The van der Waals surface area contributed by atoms with Crippen LogP contribution in [-0.4, -0.2) is 66.2 Å². The Bertz CT molecular complexity index is 821. The summed E-state index contributed by atoms with van der Waals surface area (Å²) in [4.78, 5) is 16.6. The molecule has 0 bridgehead atoms. The molecule has 1 N–H and O–H groups in total. The van der Waals surface area contributed by atoms with Gasteiger partial charge in [-0.05, 0) is 29.8 Å². The van der Waals surface area contributed by atoms with Gasteiger partial charge in [-0.3, -0.25) is 9.69 Å². The summed E-state index contributed by atoms with van der Waals surface area (Å²) in [5, 5.41) is 10.4. The van der Waals surface area contributed by atoms with Gasteiger partial charge >= 0.3 is 0 Å². The fraction of sp³-hybridized carbons (Fsp3) is 0.381. The van der Waals surface area contributed by atoms with Crippen molar-refractivity contribution in [1.29, 1.82) is 0 Å². The van der Waals surface area contributed by atoms with Crippen molar-refractivity contribution in [1.82, 2.24) is 9.80 Å². The third kappa shape index (κ3) is 4.10. The van der Waals surface area contributed by atoms with Crippen LogP contribution in [0.3, 0.4) is 0 Å². The van der Waals surface area contributed by atoms with Crippen LogP contribution in [0.4, 0.5) is 4.39 Å². The van der Waals surface area contributed by atoms with Crippen LogP contribution in [0.25, 0.3) is 0 Å². The van der Waals surface area contributed by atoms with Crippen LogP contribution in [0, 0.1) is 5.82 Å². The summed E-state index contributed by atoms with van der Waals surface area (Å²) < 4.78 is 24.5. The van der Waals surface area contributed by atoms with Gasteiger partial charge in [-0.25, -0.2) is 4.39 Å². The van der Waals surface area contributed by atoms with Crippen molar-refractivity contribution in [3.8, 4) is 11.5 Å². The lowest BCUT2D eigenvalue weighted by Gasteiger charge is -2.37. The number of carbonyl (C=O) groups is 1. The lowest BCUT2D eigenvalue weighted by Crippen LogP contribution is -2.54. The largest absolute Gasteiger partial charge is 0.485 e. The highest BCUT2D eigenvalue weighted by Crippen LogP contribution is 2.31. The maximum atomic E-state index is 13.0. The predicted molar refractivity (Wildman–Crippen MR) is 101 cm³/mol. The summed E-state index contributed by atoms with van der Waals surface area (Å²) in [6, 6.07) is 13.2. The molecule has 0 aliphatic carbocycles. The number of aliphatic hydroxyl groups excluding tert-OH is 1. The van der Waals surface area contributed by atoms with E-state index >= 15 is 0 Å². The zero-order valence-electron chi connectivity index (χ0n) is 15.5. The molecule has 0 spiro atoms. The molecule has 6 nitrogen and oxygen atoms in total. The van der Waals surface area contributed by atoms with Crippen molar-refractivity contribution in [2.45, 2.75) is 12.2 Å². The molecule has 0 radical (unpaired) electrons. The van der Waals surface area contributed by atoms with E-state index in [4.69, 9.17) is 9.47 Å². The van der Waals surface area contributed by atoms with E-state index in [1.165, 1.54) is 12.1 Å². The minimum absolute atomic E-state index is 0.0757. The summed E-state index contributed by atoms with van der Waals surface area (Å²) >= 11 is 0. The number of β-amino-alcohol motifs (C(OH)–C–C–N with tert-alkyl or cyclic N) is 1. The van der Waals surface area contributed by atoms with Gasteiger partial charge in [-0.15, -0.1) is 0 Å². The maximum Gasteiger partial charge on any atom is 0.267 e. The van der Waals surface area contributed by atoms with E-state index in [-0.39, 0.29) is 18.3 Å². The van der Waals surface area contributed by atoms with E-state index in [1.54, 1.807) is 23.1 Å². The number of rotatable bonds is 4. The van der Waals surface area contributed by atoms with Crippen LogP contribution in [0.15, 0.2) is 48.5 Å². The highest BCUT2D eigenvalue weighted by molar-refractivity contribution is 5.82. The Kier molecular flexibility index (Phi) is 5.45. The van der Waals surface area contributed by atoms with Gasteiger partial charge in [-0.1, -0.05) is 24.3 Å². The summed E-state index contributed by atoms with van der Waals surface area (Å²) in [5.41, 5.74) is 0.686. The summed E-state index contributed by atoms with van der Waals surface area (Å²) in [5.74, 6) is 0.854. The Morgan fingerprint density at radius 2 is 1.75 bits per heavy atom. The van der Waals surface area contributed by atoms with Crippen molar-refractivity contribution in [3.05, 3.63) is 59.9 Å². The Hall–Kier alpha value is -2.64. The van der Waals surface area contributed by atoms with Crippen LogP contribution in [0.1, 0.15) is 11.7 Å². The predicted octanol–water partition coefficient (Wildman–Crippen LogP) is 1.84. The van der Waals surface area contributed by atoms with Gasteiger partial charge in [0.25, 0.3) is 5.91 Å². The van der Waals surface area contributed by atoms with Crippen LogP contribution in [-0.2, 0) is 4.79 Å². The Balaban J connectivity index is 1.28. The first-order valence-corrected chi connectivity index (χ1v) is 9.43. The third-order valence-electron chi connectivity index (χ3n) is 5.15. The fourth-order valence-electron chi connectivity index (χ4n) is 3.53. The van der Waals surface area contributed by atoms with E-state index in [2.05, 4.69) is 4.90 Å². The number of para-hydroxylation sites is 2. The highest BCUT2D eigenvalue weighted by atomic mass is 19.1. The molecule has 2 aliphatic heterocycles. The van der Waals surface area contributed by atoms with Crippen molar-refractivity contribution >= 4 is 5.91 Å². The molecule has 7 heteroatoms. The molecule has 0 unspecified atom stereocenters. The second-order valence-electron chi connectivity index (χ2n) is 7.06. The van der Waals surface area contributed by atoms with Crippen molar-refractivity contribution in [3.63, 3.8) is 0 Å². The van der Waals surface area contributed by atoms with E-state index < -0.39 is 12.2 Å². The van der Waals surface area contributed by atoms with E-state index in [0.29, 0.717) is 49.8 Å². The number of amides is 1. The number of aliphatic hydroxyl groups is 1. The lowest BCUT2D eigenvalue weighted by molar-refractivity contribution is -0.143. The monoisotopic (exact) mass is 386 g/mol. The average molecular weight is 386 g/mol. The van der Waals surface area contributed by atoms with E-state index in [0.717, 1.165) is 0 Å². The molecule has 1 saturated heterocycles. The van der Waals surface area contributed by atoms with E-state index in [1.807, 2.05) is 18.2 Å². The first-order chi connectivity index (χ1) is 13.6. The number of benzene rings is 2. The minimum atomic E-state index is -0.686. The van der Waals surface area contributed by atoms with Gasteiger partial charge in [0.1, 0.15) is 12.4 Å². The van der Waals surface area contributed by atoms with Gasteiger partial charge in [0.2, 0.25) is 6.10 Å². The molecule has 2 heterocycles. The summed E-state index contributed by atoms with van der Waals surface area (Å²) in [6.07, 6.45) is -1.32. The van der Waals surface area contributed by atoms with Gasteiger partial charge in [0.15, 0.2) is 11.5 Å². The smallest absolute Gasteiger partial charge is 0.267 e. The van der Waals surface area contributed by atoms with Gasteiger partial charge in [0, 0.05) is 32.7 Å². The normalized spacial score (nSPS) is 20.6. The van der Waals surface area contributed by atoms with Crippen LogP contribution in [0.2, 0.25) is 0 Å². The average Bonchev–Trinajstić information content (AvgIpc) is 2.74. The topological polar surface area (TPSA) is 62.2 Å². The zero-order valence-corrected chi connectivity index (χ0v) is 15.5. The molecule has 1 amide bonds. The minimum Gasteiger partial charge on any atom is -0.485 e. The number of ether oxygens (including phenoxy) is 2. The standard InChI is InChI=1S/C21H23FN2O4/c22-16-7-5-15(6-8-16)17(25)13-23-9-11-24(12-10-23)21(26)20-14-27-18-3-1-2-4-19(18)28-20/h1-8,17,20,25H,9-14H2/t17-,20+/m0/s1. The molecule has 148 valence electrons. The number of carbonyl (C=O) groups excluding carboxylic acids is 1. The molecule has 2 aromatic carbocycles. The van der Waals surface area contributed by atoms with Gasteiger partial charge < -0.3 is 19.5 Å². The number of hydrogen-bond acceptors (Lipinski definition) is 5. The zero-order chi connectivity index (χ0) is 19.5. The first kappa shape index (κ1) is 18.7. The molecule has 2 aliphatic rings. The molecule has 2 aromatic rings. The van der Waals surface area contributed by atoms with Crippen molar-refractivity contribution in [2.75, 3.05) is 39.3 Å². The molecular weight excluding hydrogens is 363 g/mol.